The van der Waals surface area contributed by atoms with E-state index in [9.17, 15) is 9.18 Å². The number of carbonyl (C=O) groups is 1. The first-order chi connectivity index (χ1) is 9.56. The predicted octanol–water partition coefficient (Wildman–Crippen LogP) is 3.10. The van der Waals surface area contributed by atoms with Crippen LogP contribution in [0.4, 0.5) is 10.1 Å². The lowest BCUT2D eigenvalue weighted by Gasteiger charge is -2.27. The Bertz CT molecular complexity index is 470. The predicted molar refractivity (Wildman–Crippen MR) is 79.1 cm³/mol. The lowest BCUT2D eigenvalue weighted by Crippen LogP contribution is -2.32. The van der Waals surface area contributed by atoms with Crippen molar-refractivity contribution in [2.45, 2.75) is 33.1 Å². The fourth-order valence-electron chi connectivity index (χ4n) is 2.81. The summed E-state index contributed by atoms with van der Waals surface area (Å²) in [5, 5.41) is 6.02. The van der Waals surface area contributed by atoms with E-state index in [1.807, 2.05) is 6.92 Å². The second-order valence-electron chi connectivity index (χ2n) is 5.80. The molecule has 1 unspecified atom stereocenters. The summed E-state index contributed by atoms with van der Waals surface area (Å²) in [6, 6.07) is 4.76. The molecule has 0 bridgehead atoms. The van der Waals surface area contributed by atoms with Crippen molar-refractivity contribution in [2.24, 2.45) is 11.8 Å². The molecule has 4 heteroatoms. The van der Waals surface area contributed by atoms with Gasteiger partial charge in [-0.2, -0.15) is 0 Å². The minimum absolute atomic E-state index is 0.0967. The van der Waals surface area contributed by atoms with Crippen molar-refractivity contribution in [1.82, 2.24) is 5.32 Å². The number of amides is 1. The van der Waals surface area contributed by atoms with Crippen LogP contribution in [-0.4, -0.2) is 19.0 Å². The van der Waals surface area contributed by atoms with Crippen LogP contribution >= 0.6 is 0 Å². The minimum atomic E-state index is -0.376. The van der Waals surface area contributed by atoms with Crippen LogP contribution < -0.4 is 10.6 Å². The third-order valence-electron chi connectivity index (χ3n) is 4.09. The van der Waals surface area contributed by atoms with Gasteiger partial charge in [-0.05, 0) is 62.4 Å². The van der Waals surface area contributed by atoms with Crippen molar-refractivity contribution < 1.29 is 9.18 Å². The van der Waals surface area contributed by atoms with Crippen molar-refractivity contribution in [1.29, 1.82) is 0 Å². The molecule has 1 aromatic rings. The summed E-state index contributed by atoms with van der Waals surface area (Å²) in [4.78, 5) is 12.0. The van der Waals surface area contributed by atoms with E-state index in [0.717, 1.165) is 31.5 Å². The number of benzene rings is 1. The molecule has 1 atom stereocenters. The Hall–Kier alpha value is -1.42. The third-order valence-corrected chi connectivity index (χ3v) is 4.09. The van der Waals surface area contributed by atoms with Gasteiger partial charge in [0.1, 0.15) is 5.82 Å². The molecule has 110 valence electrons. The number of carbonyl (C=O) groups excluding carboxylic acids is 1. The SMILES string of the molecule is Cc1ccc(F)c(NC(=O)CC(C)C2CCNCC2)c1. The van der Waals surface area contributed by atoms with Crippen molar-refractivity contribution in [3.8, 4) is 0 Å². The molecular weight excluding hydrogens is 255 g/mol. The monoisotopic (exact) mass is 278 g/mol. The summed E-state index contributed by atoms with van der Waals surface area (Å²) in [6.07, 6.45) is 2.69. The van der Waals surface area contributed by atoms with Crippen molar-refractivity contribution >= 4 is 11.6 Å². The van der Waals surface area contributed by atoms with Gasteiger partial charge in [0.2, 0.25) is 5.91 Å². The fraction of sp³-hybridized carbons (Fsp3) is 0.562. The fourth-order valence-corrected chi connectivity index (χ4v) is 2.81. The van der Waals surface area contributed by atoms with E-state index in [2.05, 4.69) is 17.6 Å². The summed E-state index contributed by atoms with van der Waals surface area (Å²) in [7, 11) is 0. The van der Waals surface area contributed by atoms with Gasteiger partial charge in [-0.25, -0.2) is 4.39 Å². The molecule has 3 nitrogen and oxygen atoms in total. The van der Waals surface area contributed by atoms with Gasteiger partial charge >= 0.3 is 0 Å². The van der Waals surface area contributed by atoms with Gasteiger partial charge in [0.05, 0.1) is 5.69 Å². The van der Waals surface area contributed by atoms with Gasteiger partial charge in [-0.1, -0.05) is 13.0 Å². The number of nitrogens with one attached hydrogen (secondary N) is 2. The lowest BCUT2D eigenvalue weighted by molar-refractivity contribution is -0.117. The van der Waals surface area contributed by atoms with E-state index >= 15 is 0 Å². The van der Waals surface area contributed by atoms with E-state index in [0.29, 0.717) is 18.3 Å². The first kappa shape index (κ1) is 15.0. The second kappa shape index (κ2) is 6.84. The Balaban J connectivity index is 1.89. The average molecular weight is 278 g/mol. The summed E-state index contributed by atoms with van der Waals surface area (Å²) >= 11 is 0. The maximum atomic E-state index is 13.6. The van der Waals surface area contributed by atoms with Gasteiger partial charge in [-0.15, -0.1) is 0 Å². The zero-order valence-electron chi connectivity index (χ0n) is 12.2. The molecule has 0 aliphatic carbocycles. The number of hydrogen-bond acceptors (Lipinski definition) is 2. The smallest absolute Gasteiger partial charge is 0.224 e. The van der Waals surface area contributed by atoms with Crippen LogP contribution in [-0.2, 0) is 4.79 Å². The minimum Gasteiger partial charge on any atom is -0.324 e. The van der Waals surface area contributed by atoms with Crippen LogP contribution in [0.3, 0.4) is 0 Å². The zero-order chi connectivity index (χ0) is 14.5. The summed E-state index contributed by atoms with van der Waals surface area (Å²) in [5.41, 5.74) is 1.22. The Labute approximate surface area is 120 Å². The van der Waals surface area contributed by atoms with E-state index in [4.69, 9.17) is 0 Å². The van der Waals surface area contributed by atoms with Crippen LogP contribution in [0.1, 0.15) is 31.7 Å². The summed E-state index contributed by atoms with van der Waals surface area (Å²) in [5.74, 6) is 0.452. The molecule has 2 rings (SSSR count). The van der Waals surface area contributed by atoms with Gasteiger partial charge in [0.25, 0.3) is 0 Å². The molecule has 1 aliphatic heterocycles. The van der Waals surface area contributed by atoms with Gasteiger partial charge < -0.3 is 10.6 Å². The molecule has 1 aromatic carbocycles. The highest BCUT2D eigenvalue weighted by Gasteiger charge is 2.22. The molecule has 1 amide bonds. The van der Waals surface area contributed by atoms with Gasteiger partial charge in [0.15, 0.2) is 0 Å². The number of rotatable bonds is 4. The van der Waals surface area contributed by atoms with Crippen molar-refractivity contribution in [3.63, 3.8) is 0 Å². The standard InChI is InChI=1S/C16H23FN2O/c1-11-3-4-14(17)15(9-11)19-16(20)10-12(2)13-5-7-18-8-6-13/h3-4,9,12-13,18H,5-8,10H2,1-2H3,(H,19,20). The largest absolute Gasteiger partial charge is 0.324 e. The van der Waals surface area contributed by atoms with Crippen LogP contribution in [0, 0.1) is 24.6 Å². The number of aryl methyl sites for hydroxylation is 1. The maximum absolute atomic E-state index is 13.6. The molecule has 20 heavy (non-hydrogen) atoms. The highest BCUT2D eigenvalue weighted by atomic mass is 19.1. The Kier molecular flexibility index (Phi) is 5.12. The average Bonchev–Trinajstić information content (AvgIpc) is 2.43. The Morgan fingerprint density at radius 2 is 2.15 bits per heavy atom. The number of anilines is 1. The number of hydrogen-bond donors (Lipinski definition) is 2. The molecule has 0 saturated carbocycles. The Morgan fingerprint density at radius 1 is 1.45 bits per heavy atom. The van der Waals surface area contributed by atoms with Crippen LogP contribution in [0.15, 0.2) is 18.2 Å². The second-order valence-corrected chi connectivity index (χ2v) is 5.80. The van der Waals surface area contributed by atoms with Crippen LogP contribution in [0.25, 0.3) is 0 Å². The third kappa shape index (κ3) is 4.04. The molecule has 1 heterocycles. The van der Waals surface area contributed by atoms with Crippen molar-refractivity contribution in [2.75, 3.05) is 18.4 Å². The maximum Gasteiger partial charge on any atom is 0.224 e. The summed E-state index contributed by atoms with van der Waals surface area (Å²) in [6.45, 7) is 6.06. The highest BCUT2D eigenvalue weighted by molar-refractivity contribution is 5.91. The lowest BCUT2D eigenvalue weighted by atomic mass is 9.84. The van der Waals surface area contributed by atoms with E-state index < -0.39 is 0 Å². The molecule has 0 aromatic heterocycles. The van der Waals surface area contributed by atoms with Crippen LogP contribution in [0.2, 0.25) is 0 Å². The molecule has 1 fully saturated rings. The van der Waals surface area contributed by atoms with E-state index in [-0.39, 0.29) is 17.4 Å². The molecular formula is C16H23FN2O. The van der Waals surface area contributed by atoms with E-state index in [1.54, 1.807) is 12.1 Å². The Morgan fingerprint density at radius 3 is 2.85 bits per heavy atom. The quantitative estimate of drug-likeness (QED) is 0.888. The van der Waals surface area contributed by atoms with Crippen LogP contribution in [0.5, 0.6) is 0 Å². The van der Waals surface area contributed by atoms with Gasteiger partial charge in [0, 0.05) is 6.42 Å². The molecule has 0 spiro atoms. The van der Waals surface area contributed by atoms with E-state index in [1.165, 1.54) is 6.07 Å². The first-order valence-corrected chi connectivity index (χ1v) is 7.33. The summed E-state index contributed by atoms with van der Waals surface area (Å²) < 4.78 is 13.6. The number of piperidine rings is 1. The molecule has 0 radical (unpaired) electrons. The van der Waals surface area contributed by atoms with Gasteiger partial charge in [-0.3, -0.25) is 4.79 Å². The van der Waals surface area contributed by atoms with Crippen molar-refractivity contribution in [3.05, 3.63) is 29.6 Å². The topological polar surface area (TPSA) is 41.1 Å². The first-order valence-electron chi connectivity index (χ1n) is 7.33. The molecule has 2 N–H and O–H groups in total. The zero-order valence-corrected chi connectivity index (χ0v) is 12.2. The normalized spacial score (nSPS) is 17.8. The number of halogens is 1. The molecule has 1 saturated heterocycles. The highest BCUT2D eigenvalue weighted by Crippen LogP contribution is 2.25. The molecule has 1 aliphatic rings.